The van der Waals surface area contributed by atoms with Gasteiger partial charge in [-0.05, 0) is 54.4 Å². The van der Waals surface area contributed by atoms with Crippen molar-refractivity contribution in [3.8, 4) is 5.75 Å². The molecule has 0 amide bonds. The predicted molar refractivity (Wildman–Crippen MR) is 92.3 cm³/mol. The summed E-state index contributed by atoms with van der Waals surface area (Å²) in [5.74, 6) is 1.96. The molecule has 2 heteroatoms. The smallest absolute Gasteiger partial charge is 0.126 e. The number of hydrogen-bond acceptors (Lipinski definition) is 1. The van der Waals surface area contributed by atoms with E-state index in [0.717, 1.165) is 17.0 Å². The van der Waals surface area contributed by atoms with Crippen LogP contribution in [0.3, 0.4) is 0 Å². The van der Waals surface area contributed by atoms with Gasteiger partial charge in [-0.25, -0.2) is 4.39 Å². The van der Waals surface area contributed by atoms with E-state index >= 15 is 0 Å². The van der Waals surface area contributed by atoms with Crippen molar-refractivity contribution in [2.24, 2.45) is 5.92 Å². The Hall–Kier alpha value is -1.83. The highest BCUT2D eigenvalue weighted by molar-refractivity contribution is 5.33. The molecule has 2 aromatic rings. The van der Waals surface area contributed by atoms with E-state index in [2.05, 4.69) is 31.2 Å². The highest BCUT2D eigenvalue weighted by Gasteiger charge is 2.19. The summed E-state index contributed by atoms with van der Waals surface area (Å²) in [6, 6.07) is 13.4. The van der Waals surface area contributed by atoms with Gasteiger partial charge in [-0.2, -0.15) is 0 Å². The second-order valence-electron chi connectivity index (χ2n) is 6.90. The number of aryl methyl sites for hydroxylation is 1. The fourth-order valence-corrected chi connectivity index (χ4v) is 3.37. The lowest BCUT2D eigenvalue weighted by Gasteiger charge is -2.26. The van der Waals surface area contributed by atoms with Gasteiger partial charge < -0.3 is 4.74 Å². The van der Waals surface area contributed by atoms with Gasteiger partial charge in [-0.1, -0.05) is 50.1 Å². The van der Waals surface area contributed by atoms with Crippen LogP contribution in [-0.2, 0) is 6.61 Å². The molecule has 1 nitrogen and oxygen atoms in total. The molecule has 0 radical (unpaired) electrons. The molecular formula is C21H25FO. The molecule has 1 aliphatic rings. The van der Waals surface area contributed by atoms with E-state index in [1.54, 1.807) is 6.07 Å². The van der Waals surface area contributed by atoms with E-state index in [0.29, 0.717) is 18.3 Å². The summed E-state index contributed by atoms with van der Waals surface area (Å²) in [6.07, 6.45) is 5.29. The van der Waals surface area contributed by atoms with Crippen LogP contribution < -0.4 is 4.74 Å². The summed E-state index contributed by atoms with van der Waals surface area (Å²) >= 11 is 0. The van der Waals surface area contributed by atoms with Crippen LogP contribution in [0.15, 0.2) is 42.5 Å². The average molecular weight is 312 g/mol. The molecule has 122 valence electrons. The first-order valence-electron chi connectivity index (χ1n) is 8.59. The molecule has 0 aromatic heterocycles. The van der Waals surface area contributed by atoms with Crippen molar-refractivity contribution < 1.29 is 9.13 Å². The van der Waals surface area contributed by atoms with Gasteiger partial charge >= 0.3 is 0 Å². The maximum Gasteiger partial charge on any atom is 0.126 e. The molecule has 0 aliphatic heterocycles. The van der Waals surface area contributed by atoms with E-state index < -0.39 is 0 Å². The highest BCUT2D eigenvalue weighted by Crippen LogP contribution is 2.35. The second-order valence-corrected chi connectivity index (χ2v) is 6.90. The van der Waals surface area contributed by atoms with Crippen LogP contribution >= 0.6 is 0 Å². The minimum Gasteiger partial charge on any atom is -0.489 e. The van der Waals surface area contributed by atoms with Crippen LogP contribution in [0.5, 0.6) is 5.75 Å². The summed E-state index contributed by atoms with van der Waals surface area (Å²) < 4.78 is 19.0. The van der Waals surface area contributed by atoms with E-state index in [4.69, 9.17) is 4.74 Å². The van der Waals surface area contributed by atoms with Crippen LogP contribution in [0, 0.1) is 18.7 Å². The van der Waals surface area contributed by atoms with E-state index in [1.807, 2.05) is 6.92 Å². The molecular weight excluding hydrogens is 287 g/mol. The Balaban J connectivity index is 1.60. The molecule has 23 heavy (non-hydrogen) atoms. The number of halogens is 1. The van der Waals surface area contributed by atoms with Gasteiger partial charge in [-0.15, -0.1) is 0 Å². The summed E-state index contributed by atoms with van der Waals surface area (Å²) in [6.45, 7) is 4.76. The Morgan fingerprint density at radius 1 is 1.00 bits per heavy atom. The van der Waals surface area contributed by atoms with Gasteiger partial charge in [0.15, 0.2) is 0 Å². The van der Waals surface area contributed by atoms with Gasteiger partial charge in [0.05, 0.1) is 0 Å². The maximum atomic E-state index is 13.3. The van der Waals surface area contributed by atoms with Crippen molar-refractivity contribution >= 4 is 0 Å². The zero-order chi connectivity index (χ0) is 16.2. The third-order valence-electron chi connectivity index (χ3n) is 5.01. The summed E-state index contributed by atoms with van der Waals surface area (Å²) in [4.78, 5) is 0. The first-order chi connectivity index (χ1) is 11.1. The van der Waals surface area contributed by atoms with Crippen molar-refractivity contribution in [1.82, 2.24) is 0 Å². The van der Waals surface area contributed by atoms with Crippen LogP contribution in [0.4, 0.5) is 4.39 Å². The molecule has 0 heterocycles. The Kier molecular flexibility index (Phi) is 5.00. The number of hydrogen-bond donors (Lipinski definition) is 0. The van der Waals surface area contributed by atoms with Crippen molar-refractivity contribution in [1.29, 1.82) is 0 Å². The van der Waals surface area contributed by atoms with E-state index in [9.17, 15) is 4.39 Å². The molecule has 1 aliphatic carbocycles. The van der Waals surface area contributed by atoms with Crippen molar-refractivity contribution in [2.75, 3.05) is 0 Å². The van der Waals surface area contributed by atoms with Crippen LogP contribution in [-0.4, -0.2) is 0 Å². The lowest BCUT2D eigenvalue weighted by atomic mass is 9.79. The van der Waals surface area contributed by atoms with Gasteiger partial charge in [0.2, 0.25) is 0 Å². The quantitative estimate of drug-likeness (QED) is 0.672. The zero-order valence-corrected chi connectivity index (χ0v) is 14.0. The van der Waals surface area contributed by atoms with Gasteiger partial charge in [-0.3, -0.25) is 0 Å². The summed E-state index contributed by atoms with van der Waals surface area (Å²) in [5.41, 5.74) is 3.53. The summed E-state index contributed by atoms with van der Waals surface area (Å²) in [7, 11) is 0. The fourth-order valence-electron chi connectivity index (χ4n) is 3.37. The standard InChI is InChI=1S/C21H25FO/c1-15-3-8-18(9-4-15)19-10-6-17(7-11-19)14-23-21-13-20(22)12-5-16(21)2/h5-7,10-13,15,18H,3-4,8-9,14H2,1-2H3. The topological polar surface area (TPSA) is 9.23 Å². The first kappa shape index (κ1) is 16.0. The van der Waals surface area contributed by atoms with Crippen molar-refractivity contribution in [3.05, 3.63) is 65.0 Å². The molecule has 0 bridgehead atoms. The molecule has 0 saturated heterocycles. The predicted octanol–water partition coefficient (Wildman–Crippen LogP) is 6.01. The normalized spacial score (nSPS) is 21.2. The molecule has 0 spiro atoms. The minimum absolute atomic E-state index is 0.257. The molecule has 3 rings (SSSR count). The van der Waals surface area contributed by atoms with E-state index in [-0.39, 0.29) is 5.82 Å². The monoisotopic (exact) mass is 312 g/mol. The average Bonchev–Trinajstić information content (AvgIpc) is 2.57. The fraction of sp³-hybridized carbons (Fsp3) is 0.429. The third kappa shape index (κ3) is 4.13. The van der Waals surface area contributed by atoms with Gasteiger partial charge in [0.1, 0.15) is 18.2 Å². The molecule has 2 aromatic carbocycles. The third-order valence-corrected chi connectivity index (χ3v) is 5.01. The Morgan fingerprint density at radius 2 is 1.70 bits per heavy atom. The largest absolute Gasteiger partial charge is 0.489 e. The van der Waals surface area contributed by atoms with E-state index in [1.165, 1.54) is 43.4 Å². The van der Waals surface area contributed by atoms with Crippen molar-refractivity contribution in [3.63, 3.8) is 0 Å². The first-order valence-corrected chi connectivity index (χ1v) is 8.59. The number of benzene rings is 2. The SMILES string of the molecule is Cc1ccc(F)cc1OCc1ccc(C2CCC(C)CC2)cc1. The van der Waals surface area contributed by atoms with Gasteiger partial charge in [0.25, 0.3) is 0 Å². The molecule has 1 fully saturated rings. The highest BCUT2D eigenvalue weighted by atomic mass is 19.1. The number of rotatable bonds is 4. The van der Waals surface area contributed by atoms with Gasteiger partial charge in [0, 0.05) is 6.07 Å². The van der Waals surface area contributed by atoms with Crippen LogP contribution in [0.2, 0.25) is 0 Å². The second kappa shape index (κ2) is 7.16. The molecule has 0 atom stereocenters. The molecule has 0 N–H and O–H groups in total. The summed E-state index contributed by atoms with van der Waals surface area (Å²) in [5, 5.41) is 0. The maximum absolute atomic E-state index is 13.3. The minimum atomic E-state index is -0.257. The van der Waals surface area contributed by atoms with Crippen molar-refractivity contribution in [2.45, 2.75) is 52.1 Å². The number of ether oxygens (including phenoxy) is 1. The zero-order valence-electron chi connectivity index (χ0n) is 14.0. The Labute approximate surface area is 138 Å². The lowest BCUT2D eigenvalue weighted by Crippen LogP contribution is -2.10. The molecule has 1 saturated carbocycles. The molecule has 0 unspecified atom stereocenters. The lowest BCUT2D eigenvalue weighted by molar-refractivity contribution is 0.302. The Morgan fingerprint density at radius 3 is 2.39 bits per heavy atom. The van der Waals surface area contributed by atoms with Crippen LogP contribution in [0.1, 0.15) is 55.2 Å². The van der Waals surface area contributed by atoms with Crippen LogP contribution in [0.25, 0.3) is 0 Å². The Bertz CT molecular complexity index is 639.